The summed E-state index contributed by atoms with van der Waals surface area (Å²) in [6, 6.07) is 46.3. The number of nitrogens with zero attached hydrogens (tertiary/aromatic N) is 4. The number of carbonyl (C=O) groups is 1. The van der Waals surface area contributed by atoms with E-state index in [0.29, 0.717) is 22.7 Å². The second kappa shape index (κ2) is 14.5. The number of carbonyl (C=O) groups excluding carboxylic acids is 1. The van der Waals surface area contributed by atoms with Crippen LogP contribution in [0, 0.1) is 0 Å². The smallest absolute Gasteiger partial charge is 0.343 e. The first-order valence-corrected chi connectivity index (χ1v) is 18.5. The van der Waals surface area contributed by atoms with Gasteiger partial charge in [0.2, 0.25) is 0 Å². The highest BCUT2D eigenvalue weighted by atomic mass is 17.2. The van der Waals surface area contributed by atoms with E-state index < -0.39 is 5.97 Å². The fourth-order valence-electron chi connectivity index (χ4n) is 8.30. The first kappa shape index (κ1) is 35.8. The van der Waals surface area contributed by atoms with Crippen molar-refractivity contribution < 1.29 is 19.3 Å². The van der Waals surface area contributed by atoms with Gasteiger partial charge in [-0.2, -0.15) is 25.3 Å². The van der Waals surface area contributed by atoms with Crippen molar-refractivity contribution in [3.8, 4) is 11.5 Å². The zero-order valence-electron chi connectivity index (χ0n) is 31.4. The van der Waals surface area contributed by atoms with Gasteiger partial charge in [-0.25, -0.2) is 4.79 Å². The zero-order valence-corrected chi connectivity index (χ0v) is 31.4. The van der Waals surface area contributed by atoms with Gasteiger partial charge in [0.15, 0.2) is 5.75 Å². The maximum Gasteiger partial charge on any atom is 0.343 e. The largest absolute Gasteiger partial charge is 0.423 e. The zero-order chi connectivity index (χ0) is 38.0. The Labute approximate surface area is 321 Å². The molecular weight excluding hydrogens is 685 g/mol. The molecule has 274 valence electrons. The van der Waals surface area contributed by atoms with Gasteiger partial charge in [-0.3, -0.25) is 0 Å². The Balaban J connectivity index is 0.985. The van der Waals surface area contributed by atoms with Crippen LogP contribution in [0.4, 0.5) is 22.7 Å². The van der Waals surface area contributed by atoms with Crippen LogP contribution < -0.4 is 9.62 Å². The van der Waals surface area contributed by atoms with Crippen molar-refractivity contribution in [2.45, 2.75) is 63.4 Å². The lowest BCUT2D eigenvalue weighted by molar-refractivity contribution is -0.217. The number of hydrogen-bond acceptors (Lipinski definition) is 8. The van der Waals surface area contributed by atoms with Crippen molar-refractivity contribution in [2.24, 2.45) is 20.5 Å². The van der Waals surface area contributed by atoms with Crippen LogP contribution in [0.2, 0.25) is 0 Å². The van der Waals surface area contributed by atoms with Crippen LogP contribution >= 0.6 is 0 Å². The third-order valence-electron chi connectivity index (χ3n) is 10.7. The van der Waals surface area contributed by atoms with E-state index in [9.17, 15) is 4.79 Å². The third kappa shape index (κ3) is 7.46. The molecule has 0 amide bonds. The molecule has 55 heavy (non-hydrogen) atoms. The van der Waals surface area contributed by atoms with Crippen molar-refractivity contribution in [3.63, 3.8) is 0 Å². The minimum absolute atomic E-state index is 0.0850. The molecule has 2 aliphatic carbocycles. The monoisotopic (exact) mass is 726 g/mol. The first-order valence-electron chi connectivity index (χ1n) is 18.5. The number of fused-ring (bicyclic) bond motifs is 4. The molecule has 8 heteroatoms. The van der Waals surface area contributed by atoms with Crippen LogP contribution in [-0.2, 0) is 27.7 Å². The Morgan fingerprint density at radius 3 is 1.51 bits per heavy atom. The molecule has 0 saturated carbocycles. The minimum atomic E-state index is -0.427. The van der Waals surface area contributed by atoms with Gasteiger partial charge < -0.3 is 9.62 Å². The molecular formula is C47H42N4O4. The van der Waals surface area contributed by atoms with Crippen LogP contribution in [0.3, 0.4) is 0 Å². The van der Waals surface area contributed by atoms with E-state index in [0.717, 1.165) is 35.5 Å². The molecule has 1 atom stereocenters. The molecule has 0 radical (unpaired) electrons. The van der Waals surface area contributed by atoms with Gasteiger partial charge >= 0.3 is 5.97 Å². The molecule has 0 aromatic heterocycles. The number of rotatable bonds is 10. The van der Waals surface area contributed by atoms with Gasteiger partial charge in [-0.05, 0) is 136 Å². The van der Waals surface area contributed by atoms with Crippen molar-refractivity contribution in [1.82, 2.24) is 0 Å². The number of esters is 1. The van der Waals surface area contributed by atoms with E-state index in [1.165, 1.54) is 22.3 Å². The summed E-state index contributed by atoms with van der Waals surface area (Å²) in [5.74, 6) is 0.733. The molecule has 6 aromatic rings. The van der Waals surface area contributed by atoms with Crippen LogP contribution in [0.1, 0.15) is 78.7 Å². The minimum Gasteiger partial charge on any atom is -0.423 e. The highest BCUT2D eigenvalue weighted by Crippen LogP contribution is 2.63. The lowest BCUT2D eigenvalue weighted by atomic mass is 9.72. The summed E-state index contributed by atoms with van der Waals surface area (Å²) in [5, 5.41) is 17.2. The number of azo groups is 2. The predicted molar refractivity (Wildman–Crippen MR) is 213 cm³/mol. The Kier molecular flexibility index (Phi) is 9.45. The fourth-order valence-corrected chi connectivity index (χ4v) is 8.30. The lowest BCUT2D eigenvalue weighted by Crippen LogP contribution is -2.27. The van der Waals surface area contributed by atoms with Crippen molar-refractivity contribution in [3.05, 3.63) is 179 Å². The Morgan fingerprint density at radius 1 is 0.527 bits per heavy atom. The Hall–Kier alpha value is -6.25. The number of benzene rings is 6. The average molecular weight is 727 g/mol. The molecule has 0 heterocycles. The number of hydrogen-bond donors (Lipinski definition) is 0. The van der Waals surface area contributed by atoms with E-state index in [-0.39, 0.29) is 22.9 Å². The molecule has 8 nitrogen and oxygen atoms in total. The second-order valence-electron chi connectivity index (χ2n) is 15.6. The molecule has 8 rings (SSSR count). The van der Waals surface area contributed by atoms with E-state index in [1.807, 2.05) is 97.1 Å². The Morgan fingerprint density at radius 2 is 0.982 bits per heavy atom. The molecule has 6 aromatic carbocycles. The van der Waals surface area contributed by atoms with E-state index in [2.05, 4.69) is 72.4 Å². The maximum absolute atomic E-state index is 13.4. The van der Waals surface area contributed by atoms with Gasteiger partial charge in [0.25, 0.3) is 0 Å². The standard InChI is InChI=1S/C47H42N4O4/c1-45(2)30-47(42-27-38(23-25-40(42)45)54-44(52)33-17-21-37(22-18-33)51-49-35-13-9-6-10-14-35)31-46(3,4)41-26-24-39(28-43(41)47)55-53-29-32-15-19-36(20-16-32)50-48-34-11-7-5-8-12-34/h5-28H,29-31H2,1-4H3. The molecule has 2 aliphatic rings. The molecule has 0 fully saturated rings. The maximum atomic E-state index is 13.4. The Bertz CT molecular complexity index is 2390. The third-order valence-corrected chi connectivity index (χ3v) is 10.7. The topological polar surface area (TPSA) is 94.2 Å². The van der Waals surface area contributed by atoms with Crippen molar-refractivity contribution in [1.29, 1.82) is 0 Å². The van der Waals surface area contributed by atoms with Gasteiger partial charge in [0.1, 0.15) is 12.4 Å². The van der Waals surface area contributed by atoms with Crippen molar-refractivity contribution >= 4 is 28.7 Å². The van der Waals surface area contributed by atoms with Crippen LogP contribution in [0.25, 0.3) is 0 Å². The van der Waals surface area contributed by atoms with E-state index >= 15 is 0 Å². The van der Waals surface area contributed by atoms with Gasteiger partial charge in [-0.15, -0.1) is 0 Å². The van der Waals surface area contributed by atoms with Gasteiger partial charge in [0.05, 0.1) is 28.3 Å². The normalized spacial score (nSPS) is 17.7. The van der Waals surface area contributed by atoms with E-state index in [4.69, 9.17) is 14.5 Å². The molecule has 0 N–H and O–H groups in total. The van der Waals surface area contributed by atoms with Crippen molar-refractivity contribution in [2.75, 3.05) is 0 Å². The van der Waals surface area contributed by atoms with E-state index in [1.54, 1.807) is 24.3 Å². The second-order valence-corrected chi connectivity index (χ2v) is 15.6. The van der Waals surface area contributed by atoms with Crippen LogP contribution in [-0.4, -0.2) is 5.97 Å². The van der Waals surface area contributed by atoms with Crippen LogP contribution in [0.15, 0.2) is 166 Å². The number of ether oxygens (including phenoxy) is 1. The first-order chi connectivity index (χ1) is 26.6. The summed E-state index contributed by atoms with van der Waals surface area (Å²) < 4.78 is 6.02. The quantitative estimate of drug-likeness (QED) is 0.0462. The lowest BCUT2D eigenvalue weighted by Gasteiger charge is -2.30. The summed E-state index contributed by atoms with van der Waals surface area (Å²) >= 11 is 0. The predicted octanol–water partition coefficient (Wildman–Crippen LogP) is 12.9. The summed E-state index contributed by atoms with van der Waals surface area (Å²) in [7, 11) is 0. The molecule has 0 bridgehead atoms. The average Bonchev–Trinajstić information content (AvgIpc) is 3.56. The highest BCUT2D eigenvalue weighted by molar-refractivity contribution is 5.91. The summed E-state index contributed by atoms with van der Waals surface area (Å²) in [6.45, 7) is 9.48. The summed E-state index contributed by atoms with van der Waals surface area (Å²) in [5.41, 5.74) is 8.85. The summed E-state index contributed by atoms with van der Waals surface area (Å²) in [4.78, 5) is 25.1. The highest BCUT2D eigenvalue weighted by Gasteiger charge is 2.56. The SMILES string of the molecule is CC1(C)CC2(CC(C)(C)c3ccc(OC(=O)c4ccc(N=Nc5ccccc5)cc4)cc32)c2cc(OOCc3ccc(N=Nc4ccccc4)cc3)ccc21. The fraction of sp³-hybridized carbons (Fsp3) is 0.213. The molecule has 1 spiro atoms. The summed E-state index contributed by atoms with van der Waals surface area (Å²) in [6.07, 6.45) is 1.83. The van der Waals surface area contributed by atoms with Gasteiger partial charge in [-0.1, -0.05) is 88.4 Å². The van der Waals surface area contributed by atoms with Crippen LogP contribution in [0.5, 0.6) is 11.5 Å². The van der Waals surface area contributed by atoms with Gasteiger partial charge in [0, 0.05) is 5.41 Å². The molecule has 0 saturated heterocycles. The molecule has 0 aliphatic heterocycles. The molecule has 1 unspecified atom stereocenters.